The lowest BCUT2D eigenvalue weighted by Crippen LogP contribution is -2.22. The Morgan fingerprint density at radius 1 is 0.771 bits per heavy atom. The lowest BCUT2D eigenvalue weighted by molar-refractivity contribution is 0.102. The van der Waals surface area contributed by atoms with Crippen LogP contribution >= 0.6 is 0 Å². The zero-order valence-corrected chi connectivity index (χ0v) is 27.8. The monoisotopic (exact) mass is 655 g/mol. The molecule has 0 radical (unpaired) electrons. The molecule has 2 aromatic heterocycles. The molecule has 0 aliphatic rings. The summed E-state index contributed by atoms with van der Waals surface area (Å²) in [5.74, 6) is -0.858. The first-order valence-corrected chi connectivity index (χ1v) is 15.5. The molecule has 0 atom stereocenters. The van der Waals surface area contributed by atoms with Gasteiger partial charge in [-0.2, -0.15) is 10.2 Å². The number of anilines is 1. The Bertz CT molecular complexity index is 1930. The molecule has 0 aliphatic carbocycles. The lowest BCUT2D eigenvalue weighted by atomic mass is 10.2. The van der Waals surface area contributed by atoms with Gasteiger partial charge in [-0.3, -0.25) is 23.5 Å². The molecule has 0 aliphatic heterocycles. The molecular formula is C34H41N9O5. The quantitative estimate of drug-likeness (QED) is 0.0996. The van der Waals surface area contributed by atoms with Crippen LogP contribution in [0.4, 0.5) is 28.4 Å². The maximum Gasteiger partial charge on any atom is 0.255 e. The van der Waals surface area contributed by atoms with Gasteiger partial charge in [0, 0.05) is 36.5 Å². The molecule has 14 nitrogen and oxygen atoms in total. The van der Waals surface area contributed by atoms with E-state index in [4.69, 9.17) is 0 Å². The molecule has 0 bridgehead atoms. The van der Waals surface area contributed by atoms with Gasteiger partial charge in [-0.25, -0.2) is 0 Å². The Morgan fingerprint density at radius 2 is 1.33 bits per heavy atom. The van der Waals surface area contributed by atoms with Gasteiger partial charge in [0.1, 0.15) is 11.4 Å². The Morgan fingerprint density at radius 3 is 1.90 bits per heavy atom. The number of aromatic nitrogens is 2. The third-order valence-electron chi connectivity index (χ3n) is 7.45. The van der Waals surface area contributed by atoms with E-state index in [-0.39, 0.29) is 40.2 Å². The number of pyridine rings is 2. The zero-order valence-electron chi connectivity index (χ0n) is 27.8. The Kier molecular flexibility index (Phi) is 12.1. The number of benzene rings is 2. The van der Waals surface area contributed by atoms with Gasteiger partial charge in [-0.05, 0) is 115 Å². The largest absolute Gasteiger partial charge is 0.493 e. The molecule has 1 amide bonds. The van der Waals surface area contributed by atoms with Gasteiger partial charge in [-0.1, -0.05) is 6.07 Å². The number of rotatable bonds is 14. The van der Waals surface area contributed by atoms with E-state index in [0.29, 0.717) is 66.2 Å². The Balaban J connectivity index is 1.44. The second-order valence-corrected chi connectivity index (χ2v) is 11.5. The number of aryl methyl sites for hydroxylation is 2. The summed E-state index contributed by atoms with van der Waals surface area (Å²) in [4.78, 5) is 39.8. The van der Waals surface area contributed by atoms with Crippen LogP contribution in [0.5, 0.6) is 11.8 Å². The van der Waals surface area contributed by atoms with E-state index in [1.807, 2.05) is 26.0 Å². The van der Waals surface area contributed by atoms with Crippen LogP contribution in [0.3, 0.4) is 0 Å². The summed E-state index contributed by atoms with van der Waals surface area (Å²) in [5.41, 5.74) is 2.49. The van der Waals surface area contributed by atoms with Gasteiger partial charge in [-0.15, -0.1) is 10.2 Å². The Labute approximate surface area is 278 Å². The summed E-state index contributed by atoms with van der Waals surface area (Å²) < 4.78 is 2.55. The first kappa shape index (κ1) is 35.4. The summed E-state index contributed by atoms with van der Waals surface area (Å²) in [6, 6.07) is 16.0. The number of carbonyl (C=O) groups excluding carboxylic acids is 1. The first-order valence-electron chi connectivity index (χ1n) is 15.5. The van der Waals surface area contributed by atoms with Crippen molar-refractivity contribution in [1.82, 2.24) is 19.4 Å². The van der Waals surface area contributed by atoms with Crippen molar-refractivity contribution in [3.63, 3.8) is 0 Å². The van der Waals surface area contributed by atoms with Gasteiger partial charge >= 0.3 is 0 Å². The summed E-state index contributed by atoms with van der Waals surface area (Å²) in [6.45, 7) is 5.48. The molecule has 0 unspecified atom stereocenters. The van der Waals surface area contributed by atoms with Crippen molar-refractivity contribution in [3.8, 4) is 11.8 Å². The standard InChI is InChI=1S/C34H41N9O5/c1-22-20-29(45)43(18-8-16-41(4)5)34(48)30(22)39-37-25-13-11-24(12-14-25)32(46)36-26-9-6-10-27(21-26)38-40-31-23(2)19-28(44)42(33(31)47)17-7-15-35-3/h6,9-14,19-21,35,47-48H,7-8,15-18H2,1-5H3,(H,36,46). The van der Waals surface area contributed by atoms with Crippen LogP contribution in [-0.2, 0) is 13.1 Å². The summed E-state index contributed by atoms with van der Waals surface area (Å²) >= 11 is 0. The fourth-order valence-corrected chi connectivity index (χ4v) is 4.86. The molecule has 4 N–H and O–H groups in total. The van der Waals surface area contributed by atoms with Crippen molar-refractivity contribution in [2.45, 2.75) is 39.8 Å². The summed E-state index contributed by atoms with van der Waals surface area (Å²) in [6.07, 6.45) is 1.33. The van der Waals surface area contributed by atoms with Crippen molar-refractivity contribution in [2.24, 2.45) is 20.5 Å². The highest BCUT2D eigenvalue weighted by Gasteiger charge is 2.14. The predicted octanol–water partition coefficient (Wildman–Crippen LogP) is 5.68. The number of nitrogens with zero attached hydrogens (tertiary/aromatic N) is 7. The molecule has 0 spiro atoms. The number of azo groups is 2. The molecule has 48 heavy (non-hydrogen) atoms. The van der Waals surface area contributed by atoms with Crippen molar-refractivity contribution >= 4 is 34.3 Å². The molecule has 14 heteroatoms. The van der Waals surface area contributed by atoms with Gasteiger partial charge in [0.2, 0.25) is 11.8 Å². The summed E-state index contributed by atoms with van der Waals surface area (Å²) in [7, 11) is 5.69. The van der Waals surface area contributed by atoms with Crippen LogP contribution in [-0.4, -0.2) is 64.4 Å². The normalized spacial score (nSPS) is 11.6. The number of amides is 1. The van der Waals surface area contributed by atoms with Gasteiger partial charge in [0.15, 0.2) is 0 Å². The lowest BCUT2D eigenvalue weighted by Gasteiger charge is -2.13. The zero-order chi connectivity index (χ0) is 34.8. The van der Waals surface area contributed by atoms with Gasteiger partial charge < -0.3 is 25.7 Å². The highest BCUT2D eigenvalue weighted by Crippen LogP contribution is 2.32. The van der Waals surface area contributed by atoms with Crippen LogP contribution < -0.4 is 21.8 Å². The molecule has 4 aromatic rings. The third kappa shape index (κ3) is 9.08. The minimum absolute atomic E-state index is 0.192. The first-order chi connectivity index (χ1) is 23.0. The van der Waals surface area contributed by atoms with E-state index in [1.54, 1.807) is 62.4 Å². The molecule has 252 valence electrons. The molecule has 0 saturated heterocycles. The van der Waals surface area contributed by atoms with E-state index in [9.17, 15) is 24.6 Å². The SMILES string of the molecule is CNCCCn1c(O)c(N=Nc2cccc(NC(=O)c3ccc(N=Nc4c(C)cc(=O)n(CCCN(C)C)c4O)cc3)c2)c(C)cc1=O. The molecule has 2 aromatic carbocycles. The van der Waals surface area contributed by atoms with Gasteiger partial charge in [0.05, 0.1) is 11.4 Å². The number of aromatic hydroxyl groups is 2. The third-order valence-corrected chi connectivity index (χ3v) is 7.45. The fourth-order valence-electron chi connectivity index (χ4n) is 4.86. The van der Waals surface area contributed by atoms with E-state index in [2.05, 4.69) is 31.1 Å². The van der Waals surface area contributed by atoms with Crippen LogP contribution in [0.25, 0.3) is 0 Å². The van der Waals surface area contributed by atoms with Crippen LogP contribution in [0.1, 0.15) is 34.3 Å². The van der Waals surface area contributed by atoms with Crippen LogP contribution in [0.2, 0.25) is 0 Å². The Hall–Kier alpha value is -5.47. The van der Waals surface area contributed by atoms with Crippen molar-refractivity contribution < 1.29 is 15.0 Å². The maximum atomic E-state index is 13.0. The average molecular weight is 656 g/mol. The van der Waals surface area contributed by atoms with E-state index >= 15 is 0 Å². The minimum atomic E-state index is -0.368. The average Bonchev–Trinajstić information content (AvgIpc) is 3.04. The van der Waals surface area contributed by atoms with E-state index in [0.717, 1.165) is 6.54 Å². The second-order valence-electron chi connectivity index (χ2n) is 11.5. The smallest absolute Gasteiger partial charge is 0.255 e. The molecular weight excluding hydrogens is 614 g/mol. The number of nitrogens with one attached hydrogen (secondary N) is 2. The van der Waals surface area contributed by atoms with Crippen molar-refractivity contribution in [1.29, 1.82) is 0 Å². The predicted molar refractivity (Wildman–Crippen MR) is 185 cm³/mol. The topological polar surface area (TPSA) is 178 Å². The summed E-state index contributed by atoms with van der Waals surface area (Å²) in [5, 5.41) is 44.2. The van der Waals surface area contributed by atoms with Gasteiger partial charge in [0.25, 0.3) is 17.0 Å². The number of carbonyl (C=O) groups is 1. The van der Waals surface area contributed by atoms with E-state index in [1.165, 1.54) is 21.3 Å². The molecule has 2 heterocycles. The van der Waals surface area contributed by atoms with Crippen LogP contribution in [0.15, 0.2) is 90.7 Å². The fraction of sp³-hybridized carbons (Fsp3) is 0.324. The minimum Gasteiger partial charge on any atom is -0.493 e. The molecule has 0 saturated carbocycles. The maximum absolute atomic E-state index is 13.0. The second kappa shape index (κ2) is 16.4. The molecule has 4 rings (SSSR count). The molecule has 0 fully saturated rings. The number of hydrogen-bond acceptors (Lipinski definition) is 11. The van der Waals surface area contributed by atoms with Crippen molar-refractivity contribution in [3.05, 3.63) is 98.1 Å². The highest BCUT2D eigenvalue weighted by molar-refractivity contribution is 6.04. The van der Waals surface area contributed by atoms with Crippen molar-refractivity contribution in [2.75, 3.05) is 39.5 Å². The van der Waals surface area contributed by atoms with E-state index < -0.39 is 0 Å². The highest BCUT2D eigenvalue weighted by atomic mass is 16.3. The van der Waals surface area contributed by atoms with Crippen LogP contribution in [0, 0.1) is 13.8 Å². The number of hydrogen-bond donors (Lipinski definition) is 4.